The number of benzene rings is 1. The van der Waals surface area contributed by atoms with Gasteiger partial charge in [-0.15, -0.1) is 0 Å². The Hall–Kier alpha value is -2.99. The fourth-order valence-electron chi connectivity index (χ4n) is 2.53. The Bertz CT molecular complexity index is 869. The number of pyridine rings is 1. The monoisotopic (exact) mass is 336 g/mol. The number of ether oxygens (including phenoxy) is 1. The summed E-state index contributed by atoms with van der Waals surface area (Å²) in [7, 11) is 6.05. The smallest absolute Gasteiger partial charge is 0.229 e. The second kappa shape index (κ2) is 7.27. The number of aromatic nitrogens is 3. The lowest BCUT2D eigenvalue weighted by atomic mass is 10.1. The van der Waals surface area contributed by atoms with Crippen LogP contribution in [0.4, 0.5) is 0 Å². The standard InChI is InChI=1S/C19H20N4O2/c1-22(2)12-18-21-11-17(23(18)3)14-6-8-16(9-7-14)25-19-15(13-24)5-4-10-20-19/h4-11,13H,12H2,1-3H3. The van der Waals surface area contributed by atoms with E-state index < -0.39 is 0 Å². The molecule has 2 aromatic heterocycles. The molecule has 1 aromatic carbocycles. The van der Waals surface area contributed by atoms with Crippen LogP contribution in [0.15, 0.2) is 48.8 Å². The molecule has 0 amide bonds. The van der Waals surface area contributed by atoms with Crippen LogP contribution in [-0.4, -0.2) is 39.8 Å². The zero-order chi connectivity index (χ0) is 17.8. The number of carbonyl (C=O) groups is 1. The van der Waals surface area contributed by atoms with Gasteiger partial charge in [-0.1, -0.05) is 0 Å². The third-order valence-electron chi connectivity index (χ3n) is 3.83. The molecule has 0 aliphatic rings. The van der Waals surface area contributed by atoms with Crippen LogP contribution in [0.25, 0.3) is 11.3 Å². The molecule has 6 nitrogen and oxygen atoms in total. The highest BCUT2D eigenvalue weighted by molar-refractivity contribution is 5.78. The highest BCUT2D eigenvalue weighted by Crippen LogP contribution is 2.26. The van der Waals surface area contributed by atoms with E-state index >= 15 is 0 Å². The van der Waals surface area contributed by atoms with E-state index in [2.05, 4.69) is 19.4 Å². The molecule has 0 N–H and O–H groups in total. The van der Waals surface area contributed by atoms with Crippen molar-refractivity contribution in [3.63, 3.8) is 0 Å². The lowest BCUT2D eigenvalue weighted by molar-refractivity contribution is 0.112. The molecule has 0 bridgehead atoms. The van der Waals surface area contributed by atoms with E-state index in [0.29, 0.717) is 17.2 Å². The maximum absolute atomic E-state index is 11.0. The first-order valence-corrected chi connectivity index (χ1v) is 7.92. The predicted octanol–water partition coefficient (Wildman–Crippen LogP) is 3.15. The molecule has 2 heterocycles. The molecule has 128 valence electrons. The number of nitrogens with zero attached hydrogens (tertiary/aromatic N) is 4. The summed E-state index contributed by atoms with van der Waals surface area (Å²) in [6, 6.07) is 11.0. The molecule has 3 aromatic rings. The molecule has 0 saturated carbocycles. The fourth-order valence-corrected chi connectivity index (χ4v) is 2.53. The van der Waals surface area contributed by atoms with Crippen LogP contribution in [-0.2, 0) is 13.6 Å². The van der Waals surface area contributed by atoms with E-state index in [1.54, 1.807) is 18.3 Å². The van der Waals surface area contributed by atoms with Crippen molar-refractivity contribution in [2.24, 2.45) is 7.05 Å². The molecular formula is C19H20N4O2. The highest BCUT2D eigenvalue weighted by Gasteiger charge is 2.10. The van der Waals surface area contributed by atoms with E-state index in [0.717, 1.165) is 29.9 Å². The van der Waals surface area contributed by atoms with Crippen LogP contribution >= 0.6 is 0 Å². The normalized spacial score (nSPS) is 10.9. The number of aldehydes is 1. The summed E-state index contributed by atoms with van der Waals surface area (Å²) in [4.78, 5) is 21.7. The van der Waals surface area contributed by atoms with Crippen molar-refractivity contribution in [1.29, 1.82) is 0 Å². The zero-order valence-electron chi connectivity index (χ0n) is 14.5. The van der Waals surface area contributed by atoms with Crippen LogP contribution < -0.4 is 4.74 Å². The minimum absolute atomic E-state index is 0.305. The Morgan fingerprint density at radius 2 is 1.92 bits per heavy atom. The van der Waals surface area contributed by atoms with Gasteiger partial charge in [0.05, 0.1) is 24.0 Å². The third-order valence-corrected chi connectivity index (χ3v) is 3.83. The average Bonchev–Trinajstić information content (AvgIpc) is 2.96. The molecule has 0 aliphatic carbocycles. The first-order valence-electron chi connectivity index (χ1n) is 7.92. The Labute approximate surface area is 146 Å². The van der Waals surface area contributed by atoms with Gasteiger partial charge in [0.2, 0.25) is 5.88 Å². The minimum atomic E-state index is 0.305. The van der Waals surface area contributed by atoms with Gasteiger partial charge >= 0.3 is 0 Å². The van der Waals surface area contributed by atoms with Crippen molar-refractivity contribution in [2.45, 2.75) is 6.54 Å². The summed E-state index contributed by atoms with van der Waals surface area (Å²) in [5.41, 5.74) is 2.50. The van der Waals surface area contributed by atoms with Crippen LogP contribution in [0.3, 0.4) is 0 Å². The van der Waals surface area contributed by atoms with Crippen molar-refractivity contribution >= 4 is 6.29 Å². The minimum Gasteiger partial charge on any atom is -0.438 e. The van der Waals surface area contributed by atoms with E-state index in [9.17, 15) is 4.79 Å². The predicted molar refractivity (Wildman–Crippen MR) is 95.7 cm³/mol. The van der Waals surface area contributed by atoms with Gasteiger partial charge in [-0.05, 0) is 50.5 Å². The number of carbonyl (C=O) groups excluding carboxylic acids is 1. The number of hydrogen-bond acceptors (Lipinski definition) is 5. The lowest BCUT2D eigenvalue weighted by Crippen LogP contribution is -2.14. The summed E-state index contributed by atoms with van der Waals surface area (Å²) in [5.74, 6) is 1.93. The van der Waals surface area contributed by atoms with Crippen LogP contribution in [0.1, 0.15) is 16.2 Å². The van der Waals surface area contributed by atoms with E-state index in [1.165, 1.54) is 0 Å². The highest BCUT2D eigenvalue weighted by atomic mass is 16.5. The van der Waals surface area contributed by atoms with Gasteiger partial charge in [-0.2, -0.15) is 0 Å². The molecular weight excluding hydrogens is 316 g/mol. The number of rotatable bonds is 6. The molecule has 0 unspecified atom stereocenters. The van der Waals surface area contributed by atoms with Crippen molar-refractivity contribution in [2.75, 3.05) is 14.1 Å². The van der Waals surface area contributed by atoms with Gasteiger partial charge in [-0.25, -0.2) is 9.97 Å². The van der Waals surface area contributed by atoms with Crippen molar-refractivity contribution < 1.29 is 9.53 Å². The first-order chi connectivity index (χ1) is 12.1. The molecule has 0 saturated heterocycles. The Morgan fingerprint density at radius 1 is 1.16 bits per heavy atom. The molecule has 0 fully saturated rings. The average molecular weight is 336 g/mol. The Balaban J connectivity index is 1.81. The number of imidazole rings is 1. The second-order valence-corrected chi connectivity index (χ2v) is 6.00. The maximum atomic E-state index is 11.0. The van der Waals surface area contributed by atoms with Crippen molar-refractivity contribution in [3.8, 4) is 22.9 Å². The Morgan fingerprint density at radius 3 is 2.60 bits per heavy atom. The molecule has 3 rings (SSSR count). The van der Waals surface area contributed by atoms with Gasteiger partial charge in [0.1, 0.15) is 11.6 Å². The summed E-state index contributed by atoms with van der Waals surface area (Å²) < 4.78 is 7.79. The van der Waals surface area contributed by atoms with Crippen LogP contribution in [0, 0.1) is 0 Å². The van der Waals surface area contributed by atoms with Gasteiger partial charge < -0.3 is 14.2 Å². The maximum Gasteiger partial charge on any atom is 0.229 e. The molecule has 0 radical (unpaired) electrons. The first kappa shape index (κ1) is 16.9. The van der Waals surface area contributed by atoms with E-state index in [1.807, 2.05) is 51.6 Å². The molecule has 0 spiro atoms. The van der Waals surface area contributed by atoms with Crippen molar-refractivity contribution in [3.05, 3.63) is 60.2 Å². The summed E-state index contributed by atoms with van der Waals surface area (Å²) in [6.07, 6.45) is 4.20. The van der Waals surface area contributed by atoms with Gasteiger partial charge in [0.25, 0.3) is 0 Å². The molecule has 6 heteroatoms. The third kappa shape index (κ3) is 3.75. The molecule has 25 heavy (non-hydrogen) atoms. The Kier molecular flexibility index (Phi) is 4.90. The van der Waals surface area contributed by atoms with Gasteiger partial charge in [0.15, 0.2) is 6.29 Å². The number of hydrogen-bond donors (Lipinski definition) is 0. The molecule has 0 aliphatic heterocycles. The fraction of sp³-hybridized carbons (Fsp3) is 0.211. The largest absolute Gasteiger partial charge is 0.438 e. The lowest BCUT2D eigenvalue weighted by Gasteiger charge is -2.11. The van der Waals surface area contributed by atoms with E-state index in [-0.39, 0.29) is 0 Å². The zero-order valence-corrected chi connectivity index (χ0v) is 14.5. The van der Waals surface area contributed by atoms with E-state index in [4.69, 9.17) is 4.74 Å². The second-order valence-electron chi connectivity index (χ2n) is 6.00. The summed E-state index contributed by atoms with van der Waals surface area (Å²) in [6.45, 7) is 0.784. The quantitative estimate of drug-likeness (QED) is 0.647. The topological polar surface area (TPSA) is 60.2 Å². The van der Waals surface area contributed by atoms with Gasteiger partial charge in [0, 0.05) is 18.8 Å². The summed E-state index contributed by atoms with van der Waals surface area (Å²) >= 11 is 0. The van der Waals surface area contributed by atoms with Crippen LogP contribution in [0.2, 0.25) is 0 Å². The van der Waals surface area contributed by atoms with Crippen LogP contribution in [0.5, 0.6) is 11.6 Å². The SMILES string of the molecule is CN(C)Cc1ncc(-c2ccc(Oc3ncccc3C=O)cc2)n1C. The van der Waals surface area contributed by atoms with Crippen molar-refractivity contribution in [1.82, 2.24) is 19.4 Å². The van der Waals surface area contributed by atoms with Gasteiger partial charge in [-0.3, -0.25) is 4.79 Å². The summed E-state index contributed by atoms with van der Waals surface area (Å²) in [5, 5.41) is 0. The molecule has 0 atom stereocenters.